The highest BCUT2D eigenvalue weighted by molar-refractivity contribution is 5.51. The molecule has 0 radical (unpaired) electrons. The molecule has 0 amide bonds. The van der Waals surface area contributed by atoms with Crippen LogP contribution >= 0.6 is 0 Å². The Kier molecular flexibility index (Phi) is 5.08. The first-order valence-electron chi connectivity index (χ1n) is 7.05. The Bertz CT molecular complexity index is 746. The van der Waals surface area contributed by atoms with Gasteiger partial charge in [0.1, 0.15) is 5.75 Å². The molecule has 1 unspecified atom stereocenters. The molecular formula is C16H15F3N2O3. The zero-order valence-electron chi connectivity index (χ0n) is 12.7. The number of rotatable bonds is 5. The van der Waals surface area contributed by atoms with Crippen LogP contribution < -0.4 is 10.5 Å². The molecule has 2 N–H and O–H groups in total. The Morgan fingerprint density at radius 1 is 1.25 bits per heavy atom. The molecule has 2 rings (SSSR count). The van der Waals surface area contributed by atoms with Crippen molar-refractivity contribution >= 4 is 5.69 Å². The Morgan fingerprint density at radius 3 is 2.54 bits per heavy atom. The minimum absolute atomic E-state index is 0.0827. The van der Waals surface area contributed by atoms with Crippen molar-refractivity contribution in [1.29, 1.82) is 0 Å². The molecule has 2 aromatic carbocycles. The van der Waals surface area contributed by atoms with Crippen LogP contribution in [0.3, 0.4) is 0 Å². The van der Waals surface area contributed by atoms with Crippen molar-refractivity contribution in [1.82, 2.24) is 0 Å². The normalized spacial score (nSPS) is 12.7. The second-order valence-corrected chi connectivity index (χ2v) is 5.37. The summed E-state index contributed by atoms with van der Waals surface area (Å²) in [7, 11) is 0. The van der Waals surface area contributed by atoms with Crippen LogP contribution in [0.15, 0.2) is 42.5 Å². The topological polar surface area (TPSA) is 78.4 Å². The lowest BCUT2D eigenvalue weighted by atomic mass is 10.1. The van der Waals surface area contributed by atoms with Crippen molar-refractivity contribution in [2.45, 2.75) is 25.6 Å². The van der Waals surface area contributed by atoms with E-state index in [0.717, 1.165) is 17.7 Å². The van der Waals surface area contributed by atoms with Gasteiger partial charge in [0.25, 0.3) is 0 Å². The summed E-state index contributed by atoms with van der Waals surface area (Å²) in [6.45, 7) is 1.83. The fraction of sp³-hybridized carbons (Fsp3) is 0.250. The number of nitro groups is 1. The van der Waals surface area contributed by atoms with Gasteiger partial charge < -0.3 is 10.5 Å². The van der Waals surface area contributed by atoms with Gasteiger partial charge in [-0.3, -0.25) is 10.1 Å². The highest BCUT2D eigenvalue weighted by Crippen LogP contribution is 2.37. The summed E-state index contributed by atoms with van der Waals surface area (Å²) >= 11 is 0. The molecule has 0 aliphatic rings. The molecule has 0 bridgehead atoms. The summed E-state index contributed by atoms with van der Waals surface area (Å²) < 4.78 is 43.5. The lowest BCUT2D eigenvalue weighted by molar-refractivity contribution is -0.385. The first-order chi connectivity index (χ1) is 11.2. The SMILES string of the molecule is CC(N)Cc1cccc(Oc2ccc(C(F)(F)F)cc2[N+](=O)[O-])c1. The van der Waals surface area contributed by atoms with Crippen molar-refractivity contribution in [3.63, 3.8) is 0 Å². The predicted octanol–water partition coefficient (Wildman–Crippen LogP) is 4.30. The standard InChI is InChI=1S/C16H15F3N2O3/c1-10(20)7-11-3-2-4-13(8-11)24-15-6-5-12(16(17,18)19)9-14(15)21(22)23/h2-6,8-10H,7,20H2,1H3. The maximum atomic E-state index is 12.7. The summed E-state index contributed by atoms with van der Waals surface area (Å²) in [5.74, 6) is 0.0296. The number of benzene rings is 2. The highest BCUT2D eigenvalue weighted by Gasteiger charge is 2.33. The Labute approximate surface area is 136 Å². The Hall–Kier alpha value is -2.61. The molecular weight excluding hydrogens is 325 g/mol. The summed E-state index contributed by atoms with van der Waals surface area (Å²) in [5, 5.41) is 11.0. The van der Waals surface area contributed by atoms with E-state index in [-0.39, 0.29) is 17.5 Å². The van der Waals surface area contributed by atoms with Gasteiger partial charge in [0.05, 0.1) is 10.5 Å². The maximum Gasteiger partial charge on any atom is 0.416 e. The molecule has 1 atom stereocenters. The van der Waals surface area contributed by atoms with Crippen molar-refractivity contribution in [3.05, 3.63) is 63.7 Å². The molecule has 24 heavy (non-hydrogen) atoms. The lowest BCUT2D eigenvalue weighted by Crippen LogP contribution is -2.17. The van der Waals surface area contributed by atoms with E-state index in [9.17, 15) is 23.3 Å². The lowest BCUT2D eigenvalue weighted by Gasteiger charge is -2.11. The molecule has 0 aliphatic heterocycles. The van der Waals surface area contributed by atoms with E-state index in [0.29, 0.717) is 12.5 Å². The zero-order chi connectivity index (χ0) is 17.9. The third-order valence-electron chi connectivity index (χ3n) is 3.17. The van der Waals surface area contributed by atoms with Gasteiger partial charge in [-0.1, -0.05) is 12.1 Å². The molecule has 0 heterocycles. The van der Waals surface area contributed by atoms with E-state index >= 15 is 0 Å². The summed E-state index contributed by atoms with van der Waals surface area (Å²) in [6.07, 6.45) is -4.09. The molecule has 5 nitrogen and oxygen atoms in total. The van der Waals surface area contributed by atoms with Crippen LogP contribution in [0.25, 0.3) is 0 Å². The van der Waals surface area contributed by atoms with E-state index in [1.54, 1.807) is 18.2 Å². The van der Waals surface area contributed by atoms with E-state index in [4.69, 9.17) is 10.5 Å². The minimum atomic E-state index is -4.67. The van der Waals surface area contributed by atoms with E-state index in [2.05, 4.69) is 0 Å². The molecule has 0 fully saturated rings. The van der Waals surface area contributed by atoms with Gasteiger partial charge >= 0.3 is 11.9 Å². The van der Waals surface area contributed by atoms with Gasteiger partial charge in [-0.05, 0) is 43.2 Å². The third kappa shape index (κ3) is 4.45. The Morgan fingerprint density at radius 2 is 1.96 bits per heavy atom. The van der Waals surface area contributed by atoms with Crippen LogP contribution in [0.2, 0.25) is 0 Å². The molecule has 0 aromatic heterocycles. The number of hydrogen-bond acceptors (Lipinski definition) is 4. The van der Waals surface area contributed by atoms with Crippen molar-refractivity contribution in [3.8, 4) is 11.5 Å². The average Bonchev–Trinajstić information content (AvgIpc) is 2.45. The number of hydrogen-bond donors (Lipinski definition) is 1. The zero-order valence-corrected chi connectivity index (χ0v) is 12.7. The highest BCUT2D eigenvalue weighted by atomic mass is 19.4. The quantitative estimate of drug-likeness (QED) is 0.650. The van der Waals surface area contributed by atoms with Gasteiger partial charge in [-0.15, -0.1) is 0 Å². The summed E-state index contributed by atoms with van der Waals surface area (Å²) in [5.41, 5.74) is 4.72. The molecule has 0 aliphatic carbocycles. The fourth-order valence-electron chi connectivity index (χ4n) is 2.16. The minimum Gasteiger partial charge on any atom is -0.450 e. The van der Waals surface area contributed by atoms with Gasteiger partial charge in [-0.2, -0.15) is 13.2 Å². The third-order valence-corrected chi connectivity index (χ3v) is 3.17. The largest absolute Gasteiger partial charge is 0.450 e. The number of nitro benzene ring substituents is 1. The van der Waals surface area contributed by atoms with Crippen LogP contribution in [0.5, 0.6) is 11.5 Å². The van der Waals surface area contributed by atoms with E-state index < -0.39 is 22.4 Å². The summed E-state index contributed by atoms with van der Waals surface area (Å²) in [4.78, 5) is 10.1. The second kappa shape index (κ2) is 6.88. The van der Waals surface area contributed by atoms with Gasteiger partial charge in [0, 0.05) is 12.1 Å². The van der Waals surface area contributed by atoms with Crippen LogP contribution in [0.1, 0.15) is 18.1 Å². The number of nitrogens with zero attached hydrogens (tertiary/aromatic N) is 1. The maximum absolute atomic E-state index is 12.7. The van der Waals surface area contributed by atoms with Gasteiger partial charge in [0.2, 0.25) is 5.75 Å². The van der Waals surface area contributed by atoms with Crippen LogP contribution in [0.4, 0.5) is 18.9 Å². The first-order valence-corrected chi connectivity index (χ1v) is 7.05. The van der Waals surface area contributed by atoms with E-state index in [1.165, 1.54) is 0 Å². The molecule has 0 saturated heterocycles. The van der Waals surface area contributed by atoms with Crippen LogP contribution in [0, 0.1) is 10.1 Å². The smallest absolute Gasteiger partial charge is 0.416 e. The number of alkyl halides is 3. The number of nitrogens with two attached hydrogens (primary N) is 1. The number of halogens is 3. The van der Waals surface area contributed by atoms with Crippen molar-refractivity contribution < 1.29 is 22.8 Å². The van der Waals surface area contributed by atoms with Crippen molar-refractivity contribution in [2.75, 3.05) is 0 Å². The predicted molar refractivity (Wildman–Crippen MR) is 82.0 cm³/mol. The number of ether oxygens (including phenoxy) is 1. The summed E-state index contributed by atoms with van der Waals surface area (Å²) in [6, 6.07) is 8.77. The second-order valence-electron chi connectivity index (χ2n) is 5.37. The molecule has 2 aromatic rings. The molecule has 0 saturated carbocycles. The van der Waals surface area contributed by atoms with Gasteiger partial charge in [-0.25, -0.2) is 0 Å². The van der Waals surface area contributed by atoms with Gasteiger partial charge in [0.15, 0.2) is 0 Å². The van der Waals surface area contributed by atoms with Crippen molar-refractivity contribution in [2.24, 2.45) is 5.73 Å². The van der Waals surface area contributed by atoms with Crippen LogP contribution in [-0.2, 0) is 12.6 Å². The fourth-order valence-corrected chi connectivity index (χ4v) is 2.16. The molecule has 0 spiro atoms. The average molecular weight is 340 g/mol. The van der Waals surface area contributed by atoms with Crippen LogP contribution in [-0.4, -0.2) is 11.0 Å². The Balaban J connectivity index is 2.34. The first kappa shape index (κ1) is 17.7. The molecule has 128 valence electrons. The monoisotopic (exact) mass is 340 g/mol. The van der Waals surface area contributed by atoms with E-state index in [1.807, 2.05) is 13.0 Å². The molecule has 8 heteroatoms.